The van der Waals surface area contributed by atoms with Gasteiger partial charge in [0.2, 0.25) is 0 Å². The third-order valence-corrected chi connectivity index (χ3v) is 2.98. The summed E-state index contributed by atoms with van der Waals surface area (Å²) < 4.78 is 3.01. The molecule has 0 aliphatic heterocycles. The molecule has 0 bridgehead atoms. The molecule has 0 saturated heterocycles. The van der Waals surface area contributed by atoms with E-state index in [1.165, 1.54) is 19.3 Å². The average molecular weight is 197 g/mol. The summed E-state index contributed by atoms with van der Waals surface area (Å²) in [6.45, 7) is 2.17. The van der Waals surface area contributed by atoms with Crippen molar-refractivity contribution in [2.24, 2.45) is 0 Å². The number of aryl methyl sites for hydroxylation is 1. The monoisotopic (exact) mass is 197 g/mol. The van der Waals surface area contributed by atoms with Crippen molar-refractivity contribution in [3.63, 3.8) is 0 Å². The summed E-state index contributed by atoms with van der Waals surface area (Å²) in [6, 6.07) is 0.632. The number of rotatable bonds is 3. The molecule has 0 spiro atoms. The summed E-state index contributed by atoms with van der Waals surface area (Å²) in [5.74, 6) is 1.14. The normalized spacial score (nSPS) is 17.3. The van der Waals surface area contributed by atoms with Gasteiger partial charge in [0.05, 0.1) is 0 Å². The van der Waals surface area contributed by atoms with Gasteiger partial charge in [0, 0.05) is 12.5 Å². The first-order valence-corrected chi connectivity index (χ1v) is 5.39. The van der Waals surface area contributed by atoms with Gasteiger partial charge < -0.3 is 4.57 Å². The smallest absolute Gasteiger partial charge is 0.195 e. The number of nitrogens with one attached hydrogen (secondary N) is 1. The van der Waals surface area contributed by atoms with E-state index in [1.807, 2.05) is 0 Å². The number of nitrogens with zero attached hydrogens (tertiary/aromatic N) is 2. The average Bonchev–Trinajstić information content (AvgIpc) is 2.34. The molecule has 1 N–H and O–H groups in total. The highest BCUT2D eigenvalue weighted by molar-refractivity contribution is 7.71. The minimum absolute atomic E-state index is 0.632. The molecule has 0 radical (unpaired) electrons. The molecule has 1 heterocycles. The number of H-pyrrole nitrogens is 1. The predicted octanol–water partition coefficient (Wildman–Crippen LogP) is 2.62. The van der Waals surface area contributed by atoms with Crippen molar-refractivity contribution in [1.82, 2.24) is 14.8 Å². The van der Waals surface area contributed by atoms with E-state index in [9.17, 15) is 0 Å². The highest BCUT2D eigenvalue weighted by Crippen LogP contribution is 2.32. The molecule has 72 valence electrons. The van der Waals surface area contributed by atoms with Crippen LogP contribution < -0.4 is 0 Å². The second kappa shape index (κ2) is 3.62. The lowest BCUT2D eigenvalue weighted by molar-refractivity contribution is 0.303. The number of aromatic amines is 1. The van der Waals surface area contributed by atoms with E-state index in [1.54, 1.807) is 0 Å². The maximum absolute atomic E-state index is 5.21. The molecule has 13 heavy (non-hydrogen) atoms. The molecule has 3 nitrogen and oxygen atoms in total. The standard InChI is InChI=1S/C9H15N3S/c1-2-4-8-10-11-9(13)12(8)7-5-3-6-7/h7H,2-6H2,1H3,(H,11,13). The Hall–Kier alpha value is -0.640. The fourth-order valence-electron chi connectivity index (χ4n) is 1.76. The topological polar surface area (TPSA) is 33.6 Å². The van der Waals surface area contributed by atoms with Crippen molar-refractivity contribution in [2.45, 2.75) is 45.1 Å². The quantitative estimate of drug-likeness (QED) is 0.756. The van der Waals surface area contributed by atoms with Crippen LogP contribution in [0.5, 0.6) is 0 Å². The lowest BCUT2D eigenvalue weighted by atomic mass is 9.93. The Labute approximate surface area is 83.2 Å². The Bertz CT molecular complexity index is 335. The molecule has 1 saturated carbocycles. The molecular weight excluding hydrogens is 182 g/mol. The fourth-order valence-corrected chi connectivity index (χ4v) is 2.06. The van der Waals surface area contributed by atoms with Gasteiger partial charge in [-0.3, -0.25) is 5.10 Å². The molecule has 1 aliphatic rings. The third-order valence-electron chi connectivity index (χ3n) is 2.69. The Morgan fingerprint density at radius 1 is 1.62 bits per heavy atom. The first-order valence-electron chi connectivity index (χ1n) is 4.98. The minimum atomic E-state index is 0.632. The number of aromatic nitrogens is 3. The van der Waals surface area contributed by atoms with Crippen LogP contribution in [0, 0.1) is 4.77 Å². The van der Waals surface area contributed by atoms with E-state index < -0.39 is 0 Å². The summed E-state index contributed by atoms with van der Waals surface area (Å²) in [4.78, 5) is 0. The van der Waals surface area contributed by atoms with E-state index in [4.69, 9.17) is 12.2 Å². The van der Waals surface area contributed by atoms with Gasteiger partial charge in [0.1, 0.15) is 5.82 Å². The van der Waals surface area contributed by atoms with Gasteiger partial charge in [-0.2, -0.15) is 5.10 Å². The molecule has 4 heteroatoms. The zero-order chi connectivity index (χ0) is 9.26. The molecule has 0 atom stereocenters. The minimum Gasteiger partial charge on any atom is -0.301 e. The first kappa shape index (κ1) is 8.94. The van der Waals surface area contributed by atoms with Crippen LogP contribution in [-0.2, 0) is 6.42 Å². The molecular formula is C9H15N3S. The van der Waals surface area contributed by atoms with Crippen LogP contribution in [0.15, 0.2) is 0 Å². The molecule has 2 rings (SSSR count). The highest BCUT2D eigenvalue weighted by atomic mass is 32.1. The van der Waals surface area contributed by atoms with Gasteiger partial charge in [0.25, 0.3) is 0 Å². The van der Waals surface area contributed by atoms with E-state index in [0.29, 0.717) is 6.04 Å². The van der Waals surface area contributed by atoms with E-state index in [-0.39, 0.29) is 0 Å². The molecule has 0 aromatic carbocycles. The number of hydrogen-bond donors (Lipinski definition) is 1. The van der Waals surface area contributed by atoms with Crippen LogP contribution in [0.3, 0.4) is 0 Å². The molecule has 0 amide bonds. The molecule has 1 fully saturated rings. The second-order valence-corrected chi connectivity index (χ2v) is 4.04. The Kier molecular flexibility index (Phi) is 2.49. The lowest BCUT2D eigenvalue weighted by Gasteiger charge is -2.27. The van der Waals surface area contributed by atoms with E-state index in [2.05, 4.69) is 21.7 Å². The van der Waals surface area contributed by atoms with Crippen LogP contribution in [0.2, 0.25) is 0 Å². The van der Waals surface area contributed by atoms with Gasteiger partial charge in [-0.25, -0.2) is 0 Å². The Morgan fingerprint density at radius 2 is 2.38 bits per heavy atom. The van der Waals surface area contributed by atoms with Crippen molar-refractivity contribution in [2.75, 3.05) is 0 Å². The van der Waals surface area contributed by atoms with Gasteiger partial charge in [-0.1, -0.05) is 6.92 Å². The summed E-state index contributed by atoms with van der Waals surface area (Å²) in [7, 11) is 0. The first-order chi connectivity index (χ1) is 6.33. The van der Waals surface area contributed by atoms with E-state index >= 15 is 0 Å². The van der Waals surface area contributed by atoms with Crippen molar-refractivity contribution >= 4 is 12.2 Å². The fraction of sp³-hybridized carbons (Fsp3) is 0.778. The molecule has 1 aliphatic carbocycles. The maximum Gasteiger partial charge on any atom is 0.195 e. The third kappa shape index (κ3) is 1.55. The summed E-state index contributed by atoms with van der Waals surface area (Å²) in [5.41, 5.74) is 0. The van der Waals surface area contributed by atoms with Gasteiger partial charge in [0.15, 0.2) is 4.77 Å². The molecule has 1 aromatic rings. The lowest BCUT2D eigenvalue weighted by Crippen LogP contribution is -2.19. The highest BCUT2D eigenvalue weighted by Gasteiger charge is 2.22. The van der Waals surface area contributed by atoms with Crippen molar-refractivity contribution in [3.05, 3.63) is 10.6 Å². The summed E-state index contributed by atoms with van der Waals surface area (Å²) >= 11 is 5.21. The van der Waals surface area contributed by atoms with Crippen molar-refractivity contribution in [1.29, 1.82) is 0 Å². The Morgan fingerprint density at radius 3 is 2.92 bits per heavy atom. The van der Waals surface area contributed by atoms with E-state index in [0.717, 1.165) is 23.4 Å². The summed E-state index contributed by atoms with van der Waals surface area (Å²) in [5, 5.41) is 7.14. The van der Waals surface area contributed by atoms with Crippen LogP contribution in [0.4, 0.5) is 0 Å². The zero-order valence-corrected chi connectivity index (χ0v) is 8.73. The second-order valence-electron chi connectivity index (χ2n) is 3.65. The predicted molar refractivity (Wildman–Crippen MR) is 54.3 cm³/mol. The number of hydrogen-bond acceptors (Lipinski definition) is 2. The summed E-state index contributed by atoms with van der Waals surface area (Å²) in [6.07, 6.45) is 6.04. The molecule has 0 unspecified atom stereocenters. The Balaban J connectivity index is 2.28. The van der Waals surface area contributed by atoms with Gasteiger partial charge in [-0.15, -0.1) is 0 Å². The van der Waals surface area contributed by atoms with Crippen LogP contribution in [-0.4, -0.2) is 14.8 Å². The van der Waals surface area contributed by atoms with Crippen LogP contribution in [0.25, 0.3) is 0 Å². The van der Waals surface area contributed by atoms with Gasteiger partial charge in [-0.05, 0) is 37.9 Å². The van der Waals surface area contributed by atoms with Crippen LogP contribution >= 0.6 is 12.2 Å². The molecule has 1 aromatic heterocycles. The van der Waals surface area contributed by atoms with Gasteiger partial charge >= 0.3 is 0 Å². The SMILES string of the molecule is CCCc1n[nH]c(=S)n1C1CCC1. The largest absolute Gasteiger partial charge is 0.301 e. The van der Waals surface area contributed by atoms with Crippen LogP contribution in [0.1, 0.15) is 44.5 Å². The maximum atomic E-state index is 5.21. The zero-order valence-electron chi connectivity index (χ0n) is 7.92. The van der Waals surface area contributed by atoms with Crippen molar-refractivity contribution < 1.29 is 0 Å². The van der Waals surface area contributed by atoms with Crippen molar-refractivity contribution in [3.8, 4) is 0 Å².